The first-order valence-electron chi connectivity index (χ1n) is 6.94. The van der Waals surface area contributed by atoms with Crippen LogP contribution in [0.4, 0.5) is 0 Å². The lowest BCUT2D eigenvalue weighted by molar-refractivity contribution is 0.188. The number of aryl methyl sites for hydroxylation is 1. The Morgan fingerprint density at radius 1 is 1.29 bits per heavy atom. The Morgan fingerprint density at radius 2 is 2.24 bits per heavy atom. The molecule has 1 aliphatic rings. The van der Waals surface area contributed by atoms with Crippen LogP contribution in [0.5, 0.6) is 0 Å². The Morgan fingerprint density at radius 3 is 3.00 bits per heavy atom. The van der Waals surface area contributed by atoms with Crippen LogP contribution in [-0.2, 0) is 13.0 Å². The van der Waals surface area contributed by atoms with Crippen LogP contribution in [0.2, 0.25) is 0 Å². The van der Waals surface area contributed by atoms with E-state index in [4.69, 9.17) is 4.42 Å². The Kier molecular flexibility index (Phi) is 3.37. The standard InChI is InChI=1S/C15H15N3OS2/c1-10-16-17-14(19-10)9-18-6-4-12-11(5-8-21-12)15(18)13-3-2-7-20-13/h2-3,5,7-8,15H,4,6,9H2,1H3. The predicted octanol–water partition coefficient (Wildman–Crippen LogP) is 3.65. The first-order valence-corrected chi connectivity index (χ1v) is 8.70. The van der Waals surface area contributed by atoms with Gasteiger partial charge in [0.25, 0.3) is 0 Å². The number of aromatic nitrogens is 2. The molecule has 0 aliphatic carbocycles. The van der Waals surface area contributed by atoms with Crippen molar-refractivity contribution >= 4 is 22.7 Å². The van der Waals surface area contributed by atoms with Crippen molar-refractivity contribution in [3.63, 3.8) is 0 Å². The molecule has 4 heterocycles. The monoisotopic (exact) mass is 317 g/mol. The minimum absolute atomic E-state index is 0.312. The molecule has 0 saturated carbocycles. The molecule has 1 aliphatic heterocycles. The minimum Gasteiger partial charge on any atom is -0.424 e. The highest BCUT2D eigenvalue weighted by molar-refractivity contribution is 7.10. The van der Waals surface area contributed by atoms with E-state index < -0.39 is 0 Å². The van der Waals surface area contributed by atoms with Gasteiger partial charge in [-0.25, -0.2) is 0 Å². The summed E-state index contributed by atoms with van der Waals surface area (Å²) in [5, 5.41) is 12.4. The molecule has 108 valence electrons. The maximum absolute atomic E-state index is 5.56. The second kappa shape index (κ2) is 5.36. The average Bonchev–Trinajstić information content (AvgIpc) is 3.20. The second-order valence-electron chi connectivity index (χ2n) is 5.15. The highest BCUT2D eigenvalue weighted by Gasteiger charge is 2.31. The zero-order valence-corrected chi connectivity index (χ0v) is 13.3. The lowest BCUT2D eigenvalue weighted by Gasteiger charge is -2.34. The molecular weight excluding hydrogens is 302 g/mol. The van der Waals surface area contributed by atoms with Crippen LogP contribution in [-0.4, -0.2) is 21.6 Å². The topological polar surface area (TPSA) is 42.2 Å². The maximum atomic E-state index is 5.56. The van der Waals surface area contributed by atoms with Gasteiger partial charge in [0.05, 0.1) is 12.6 Å². The third kappa shape index (κ3) is 2.43. The summed E-state index contributed by atoms with van der Waals surface area (Å²) in [6, 6.07) is 6.91. The van der Waals surface area contributed by atoms with E-state index in [2.05, 4.69) is 44.1 Å². The number of hydrogen-bond donors (Lipinski definition) is 0. The molecule has 0 bridgehead atoms. The van der Waals surface area contributed by atoms with Gasteiger partial charge in [-0.1, -0.05) is 6.07 Å². The third-order valence-corrected chi connectivity index (χ3v) is 5.71. The highest BCUT2D eigenvalue weighted by Crippen LogP contribution is 2.39. The fraction of sp³-hybridized carbons (Fsp3) is 0.333. The normalized spacial score (nSPS) is 18.8. The van der Waals surface area contributed by atoms with Crippen LogP contribution < -0.4 is 0 Å². The van der Waals surface area contributed by atoms with Crippen LogP contribution in [0.3, 0.4) is 0 Å². The SMILES string of the molecule is Cc1nnc(CN2CCc3sccc3C2c2cccs2)o1. The molecule has 3 aromatic rings. The van der Waals surface area contributed by atoms with Crippen molar-refractivity contribution < 1.29 is 4.42 Å². The van der Waals surface area contributed by atoms with Gasteiger partial charge in [-0.2, -0.15) is 0 Å². The lowest BCUT2D eigenvalue weighted by Crippen LogP contribution is -2.34. The van der Waals surface area contributed by atoms with Gasteiger partial charge in [-0.3, -0.25) is 4.90 Å². The first-order chi connectivity index (χ1) is 10.3. The summed E-state index contributed by atoms with van der Waals surface area (Å²) in [6.45, 7) is 3.57. The van der Waals surface area contributed by atoms with Gasteiger partial charge in [-0.15, -0.1) is 32.9 Å². The summed E-state index contributed by atoms with van der Waals surface area (Å²) >= 11 is 3.68. The van der Waals surface area contributed by atoms with Gasteiger partial charge in [0, 0.05) is 23.2 Å². The van der Waals surface area contributed by atoms with Gasteiger partial charge in [0.1, 0.15) is 0 Å². The minimum atomic E-state index is 0.312. The molecule has 0 spiro atoms. The Balaban J connectivity index is 1.69. The van der Waals surface area contributed by atoms with E-state index in [1.165, 1.54) is 15.3 Å². The molecule has 1 unspecified atom stereocenters. The Bertz CT molecular complexity index is 732. The van der Waals surface area contributed by atoms with Crippen molar-refractivity contribution in [2.45, 2.75) is 25.9 Å². The molecule has 21 heavy (non-hydrogen) atoms. The summed E-state index contributed by atoms with van der Waals surface area (Å²) in [5.41, 5.74) is 1.44. The number of thiophene rings is 2. The van der Waals surface area contributed by atoms with E-state index in [1.807, 2.05) is 29.6 Å². The zero-order valence-electron chi connectivity index (χ0n) is 11.7. The number of nitrogens with zero attached hydrogens (tertiary/aromatic N) is 3. The van der Waals surface area contributed by atoms with Gasteiger partial charge in [0.2, 0.25) is 11.8 Å². The molecule has 0 aromatic carbocycles. The zero-order chi connectivity index (χ0) is 14.2. The van der Waals surface area contributed by atoms with Crippen molar-refractivity contribution in [1.29, 1.82) is 0 Å². The summed E-state index contributed by atoms with van der Waals surface area (Å²) in [6.07, 6.45) is 1.10. The van der Waals surface area contributed by atoms with Crippen molar-refractivity contribution in [3.8, 4) is 0 Å². The molecule has 0 radical (unpaired) electrons. The quantitative estimate of drug-likeness (QED) is 0.739. The van der Waals surface area contributed by atoms with E-state index in [1.54, 1.807) is 0 Å². The molecule has 4 rings (SSSR count). The predicted molar refractivity (Wildman–Crippen MR) is 83.6 cm³/mol. The smallest absolute Gasteiger partial charge is 0.230 e. The average molecular weight is 317 g/mol. The van der Waals surface area contributed by atoms with E-state index in [-0.39, 0.29) is 0 Å². The van der Waals surface area contributed by atoms with Gasteiger partial charge < -0.3 is 4.42 Å². The summed E-state index contributed by atoms with van der Waals surface area (Å²) < 4.78 is 5.56. The molecular formula is C15H15N3OS2. The van der Waals surface area contributed by atoms with Crippen molar-refractivity contribution in [2.24, 2.45) is 0 Å². The lowest BCUT2D eigenvalue weighted by atomic mass is 9.98. The summed E-state index contributed by atoms with van der Waals surface area (Å²) in [5.74, 6) is 1.33. The van der Waals surface area contributed by atoms with Crippen LogP contribution in [0.1, 0.15) is 33.1 Å². The van der Waals surface area contributed by atoms with Crippen LogP contribution >= 0.6 is 22.7 Å². The Hall–Kier alpha value is -1.50. The van der Waals surface area contributed by atoms with Gasteiger partial charge in [-0.05, 0) is 34.9 Å². The molecule has 6 heteroatoms. The van der Waals surface area contributed by atoms with E-state index in [0.29, 0.717) is 24.4 Å². The molecule has 0 N–H and O–H groups in total. The van der Waals surface area contributed by atoms with Gasteiger partial charge in [0.15, 0.2) is 0 Å². The van der Waals surface area contributed by atoms with E-state index in [0.717, 1.165) is 13.0 Å². The summed E-state index contributed by atoms with van der Waals surface area (Å²) in [4.78, 5) is 5.32. The molecule has 0 saturated heterocycles. The van der Waals surface area contributed by atoms with Crippen molar-refractivity contribution in [2.75, 3.05) is 6.54 Å². The number of rotatable bonds is 3. The largest absolute Gasteiger partial charge is 0.424 e. The molecule has 4 nitrogen and oxygen atoms in total. The van der Waals surface area contributed by atoms with E-state index in [9.17, 15) is 0 Å². The number of fused-ring (bicyclic) bond motifs is 1. The van der Waals surface area contributed by atoms with Crippen LogP contribution in [0.15, 0.2) is 33.4 Å². The summed E-state index contributed by atoms with van der Waals surface area (Å²) in [7, 11) is 0. The Labute approximate surface area is 131 Å². The fourth-order valence-corrected chi connectivity index (χ4v) is 4.67. The van der Waals surface area contributed by atoms with Crippen molar-refractivity contribution in [1.82, 2.24) is 15.1 Å². The number of hydrogen-bond acceptors (Lipinski definition) is 6. The van der Waals surface area contributed by atoms with Crippen LogP contribution in [0, 0.1) is 6.92 Å². The molecule has 1 atom stereocenters. The molecule has 0 fully saturated rings. The highest BCUT2D eigenvalue weighted by atomic mass is 32.1. The fourth-order valence-electron chi connectivity index (χ4n) is 2.89. The third-order valence-electron chi connectivity index (χ3n) is 3.78. The molecule has 0 amide bonds. The van der Waals surface area contributed by atoms with Crippen molar-refractivity contribution in [3.05, 3.63) is 56.1 Å². The second-order valence-corrected chi connectivity index (χ2v) is 7.13. The first kappa shape index (κ1) is 13.2. The van der Waals surface area contributed by atoms with E-state index >= 15 is 0 Å². The van der Waals surface area contributed by atoms with Crippen LogP contribution in [0.25, 0.3) is 0 Å². The molecule has 3 aromatic heterocycles. The van der Waals surface area contributed by atoms with Gasteiger partial charge >= 0.3 is 0 Å². The maximum Gasteiger partial charge on any atom is 0.230 e.